The van der Waals surface area contributed by atoms with E-state index in [1.54, 1.807) is 42.5 Å². The SMILES string of the molecule is O=C(/C=C/c1ccc(O)cc1)CC(=O)/C=C/c1ccc(Cl)cc1Cl. The molecule has 0 amide bonds. The van der Waals surface area contributed by atoms with E-state index in [0.717, 1.165) is 5.56 Å². The molecule has 0 aliphatic carbocycles. The first-order valence-corrected chi connectivity index (χ1v) is 7.85. The van der Waals surface area contributed by atoms with Crippen LogP contribution in [0.5, 0.6) is 5.75 Å². The maximum Gasteiger partial charge on any atom is 0.163 e. The first-order valence-electron chi connectivity index (χ1n) is 7.10. The number of allylic oxidation sites excluding steroid dienone is 2. The number of halogens is 2. The van der Waals surface area contributed by atoms with E-state index in [-0.39, 0.29) is 23.7 Å². The fraction of sp³-hybridized carbons (Fsp3) is 0.0526. The molecule has 2 aromatic rings. The molecule has 5 heteroatoms. The molecule has 2 rings (SSSR count). The van der Waals surface area contributed by atoms with Crippen molar-refractivity contribution in [2.45, 2.75) is 6.42 Å². The second-order valence-electron chi connectivity index (χ2n) is 5.03. The molecule has 0 fully saturated rings. The molecule has 0 aliphatic rings. The Labute approximate surface area is 149 Å². The summed E-state index contributed by atoms with van der Waals surface area (Å²) in [5.74, 6) is -0.471. The Morgan fingerprint density at radius 3 is 2.17 bits per heavy atom. The summed E-state index contributed by atoms with van der Waals surface area (Å²) in [7, 11) is 0. The zero-order valence-corrected chi connectivity index (χ0v) is 14.1. The van der Waals surface area contributed by atoms with Crippen LogP contribution in [-0.2, 0) is 9.59 Å². The maximum absolute atomic E-state index is 11.8. The third-order valence-corrected chi connectivity index (χ3v) is 3.68. The molecule has 0 saturated heterocycles. The van der Waals surface area contributed by atoms with Crippen LogP contribution in [0.1, 0.15) is 17.5 Å². The Bertz CT molecular complexity index is 806. The number of hydrogen-bond donors (Lipinski definition) is 1. The molecule has 0 aliphatic heterocycles. The van der Waals surface area contributed by atoms with Crippen molar-refractivity contribution in [1.29, 1.82) is 0 Å². The van der Waals surface area contributed by atoms with Gasteiger partial charge in [-0.2, -0.15) is 0 Å². The molecule has 122 valence electrons. The standard InChI is InChI=1S/C19H14Cl2O3/c20-15-6-4-14(19(21)11-15)5-10-18(24)12-17(23)9-3-13-1-7-16(22)8-2-13/h1-11,22H,12H2/b9-3+,10-5+. The summed E-state index contributed by atoms with van der Waals surface area (Å²) < 4.78 is 0. The molecule has 0 atom stereocenters. The Balaban J connectivity index is 1.92. The van der Waals surface area contributed by atoms with Crippen molar-refractivity contribution in [1.82, 2.24) is 0 Å². The third-order valence-electron chi connectivity index (χ3n) is 3.11. The van der Waals surface area contributed by atoms with Crippen LogP contribution >= 0.6 is 23.2 Å². The maximum atomic E-state index is 11.8. The molecule has 3 nitrogen and oxygen atoms in total. The van der Waals surface area contributed by atoms with Gasteiger partial charge in [-0.15, -0.1) is 0 Å². The second kappa shape index (κ2) is 8.48. The van der Waals surface area contributed by atoms with Crippen LogP contribution in [0.15, 0.2) is 54.6 Å². The predicted molar refractivity (Wildman–Crippen MR) is 97.3 cm³/mol. The summed E-state index contributed by atoms with van der Waals surface area (Å²) in [4.78, 5) is 23.6. The molecular formula is C19H14Cl2O3. The molecule has 24 heavy (non-hydrogen) atoms. The minimum Gasteiger partial charge on any atom is -0.508 e. The fourth-order valence-corrected chi connectivity index (χ4v) is 2.36. The smallest absolute Gasteiger partial charge is 0.163 e. The highest BCUT2D eigenvalue weighted by Gasteiger charge is 2.04. The van der Waals surface area contributed by atoms with Gasteiger partial charge in [0.25, 0.3) is 0 Å². The molecule has 0 unspecified atom stereocenters. The summed E-state index contributed by atoms with van der Waals surface area (Å²) >= 11 is 11.8. The summed E-state index contributed by atoms with van der Waals surface area (Å²) in [5, 5.41) is 10.1. The minimum atomic E-state index is -0.318. The van der Waals surface area contributed by atoms with E-state index in [9.17, 15) is 14.7 Å². The minimum absolute atomic E-state index is 0.152. The number of hydrogen-bond acceptors (Lipinski definition) is 3. The number of phenolic OH excluding ortho intramolecular Hbond substituents is 1. The molecular weight excluding hydrogens is 347 g/mol. The highest BCUT2D eigenvalue weighted by atomic mass is 35.5. The first-order chi connectivity index (χ1) is 11.4. The van der Waals surface area contributed by atoms with Gasteiger partial charge in [-0.05, 0) is 53.6 Å². The van der Waals surface area contributed by atoms with Gasteiger partial charge >= 0.3 is 0 Å². The highest BCUT2D eigenvalue weighted by molar-refractivity contribution is 6.35. The fourth-order valence-electron chi connectivity index (χ4n) is 1.88. The summed E-state index contributed by atoms with van der Waals surface area (Å²) in [5.41, 5.74) is 1.42. The number of benzene rings is 2. The number of carbonyl (C=O) groups excluding carboxylic acids is 2. The molecule has 0 spiro atoms. The van der Waals surface area contributed by atoms with Crippen molar-refractivity contribution in [3.63, 3.8) is 0 Å². The number of aromatic hydroxyl groups is 1. The number of rotatable bonds is 6. The molecule has 0 heterocycles. The van der Waals surface area contributed by atoms with Crippen LogP contribution < -0.4 is 0 Å². The average molecular weight is 361 g/mol. The largest absolute Gasteiger partial charge is 0.508 e. The van der Waals surface area contributed by atoms with Crippen molar-refractivity contribution >= 4 is 46.9 Å². The zero-order valence-electron chi connectivity index (χ0n) is 12.6. The monoisotopic (exact) mass is 360 g/mol. The van der Waals surface area contributed by atoms with Crippen LogP contribution in [0.3, 0.4) is 0 Å². The zero-order chi connectivity index (χ0) is 17.5. The Kier molecular flexibility index (Phi) is 6.36. The summed E-state index contributed by atoms with van der Waals surface area (Å²) in [6.45, 7) is 0. The summed E-state index contributed by atoms with van der Waals surface area (Å²) in [6.07, 6.45) is 5.58. The van der Waals surface area contributed by atoms with E-state index in [0.29, 0.717) is 15.6 Å². The van der Waals surface area contributed by atoms with Crippen LogP contribution in [0.2, 0.25) is 10.0 Å². The van der Waals surface area contributed by atoms with E-state index in [2.05, 4.69) is 0 Å². The quantitative estimate of drug-likeness (QED) is 0.585. The van der Waals surface area contributed by atoms with Gasteiger partial charge in [0.15, 0.2) is 11.6 Å². The van der Waals surface area contributed by atoms with Crippen LogP contribution in [0, 0.1) is 0 Å². The highest BCUT2D eigenvalue weighted by Crippen LogP contribution is 2.22. The van der Waals surface area contributed by atoms with E-state index >= 15 is 0 Å². The third kappa shape index (κ3) is 5.69. The normalized spacial score (nSPS) is 11.2. The lowest BCUT2D eigenvalue weighted by atomic mass is 10.1. The Hall–Kier alpha value is -2.36. The number of phenols is 1. The van der Waals surface area contributed by atoms with Crippen LogP contribution in [-0.4, -0.2) is 16.7 Å². The lowest BCUT2D eigenvalue weighted by Crippen LogP contribution is -2.01. The van der Waals surface area contributed by atoms with Gasteiger partial charge < -0.3 is 5.11 Å². The Morgan fingerprint density at radius 2 is 1.54 bits per heavy atom. The molecule has 0 aromatic heterocycles. The van der Waals surface area contributed by atoms with Gasteiger partial charge in [-0.1, -0.05) is 47.5 Å². The lowest BCUT2D eigenvalue weighted by molar-refractivity contribution is -0.121. The number of ketones is 2. The van der Waals surface area contributed by atoms with Gasteiger partial charge in [0.1, 0.15) is 5.75 Å². The van der Waals surface area contributed by atoms with Gasteiger partial charge in [-0.25, -0.2) is 0 Å². The van der Waals surface area contributed by atoms with Crippen molar-refractivity contribution in [2.24, 2.45) is 0 Å². The first kappa shape index (κ1) is 18.0. The molecule has 0 saturated carbocycles. The van der Waals surface area contributed by atoms with Crippen molar-refractivity contribution in [3.05, 3.63) is 75.8 Å². The molecule has 2 aromatic carbocycles. The Morgan fingerprint density at radius 1 is 0.917 bits per heavy atom. The van der Waals surface area contributed by atoms with Gasteiger partial charge in [0.2, 0.25) is 0 Å². The predicted octanol–water partition coefficient (Wildman–Crippen LogP) is 4.95. The van der Waals surface area contributed by atoms with Crippen LogP contribution in [0.4, 0.5) is 0 Å². The average Bonchev–Trinajstić information content (AvgIpc) is 2.53. The van der Waals surface area contributed by atoms with E-state index in [4.69, 9.17) is 23.2 Å². The lowest BCUT2D eigenvalue weighted by Gasteiger charge is -1.98. The summed E-state index contributed by atoms with van der Waals surface area (Å²) in [6, 6.07) is 11.3. The molecule has 0 radical (unpaired) electrons. The molecule has 0 bridgehead atoms. The van der Waals surface area contributed by atoms with E-state index in [1.807, 2.05) is 0 Å². The molecule has 1 N–H and O–H groups in total. The number of carbonyl (C=O) groups is 2. The van der Waals surface area contributed by atoms with Crippen molar-refractivity contribution < 1.29 is 14.7 Å². The van der Waals surface area contributed by atoms with E-state index in [1.165, 1.54) is 24.3 Å². The topological polar surface area (TPSA) is 54.4 Å². The second-order valence-corrected chi connectivity index (χ2v) is 5.88. The van der Waals surface area contributed by atoms with Gasteiger partial charge in [0.05, 0.1) is 6.42 Å². The van der Waals surface area contributed by atoms with E-state index < -0.39 is 0 Å². The van der Waals surface area contributed by atoms with Gasteiger partial charge in [0, 0.05) is 10.0 Å². The van der Waals surface area contributed by atoms with Crippen molar-refractivity contribution in [2.75, 3.05) is 0 Å². The van der Waals surface area contributed by atoms with Crippen molar-refractivity contribution in [3.8, 4) is 5.75 Å². The van der Waals surface area contributed by atoms with Crippen LogP contribution in [0.25, 0.3) is 12.2 Å². The van der Waals surface area contributed by atoms with Gasteiger partial charge in [-0.3, -0.25) is 9.59 Å².